The minimum atomic E-state index is -0.335. The molecule has 0 amide bonds. The first-order valence-corrected chi connectivity index (χ1v) is 7.13. The second kappa shape index (κ2) is 4.99. The molecule has 0 bridgehead atoms. The number of benzene rings is 2. The van der Waals surface area contributed by atoms with Gasteiger partial charge in [0.1, 0.15) is 0 Å². The van der Waals surface area contributed by atoms with Crippen LogP contribution in [0.4, 0.5) is 5.69 Å². The summed E-state index contributed by atoms with van der Waals surface area (Å²) in [6.07, 6.45) is 0.864. The van der Waals surface area contributed by atoms with E-state index in [-0.39, 0.29) is 23.4 Å². The van der Waals surface area contributed by atoms with Gasteiger partial charge in [-0.05, 0) is 29.7 Å². The third-order valence-corrected chi connectivity index (χ3v) is 4.13. The van der Waals surface area contributed by atoms with E-state index < -0.39 is 0 Å². The van der Waals surface area contributed by atoms with Crippen molar-refractivity contribution in [1.82, 2.24) is 5.32 Å². The lowest BCUT2D eigenvalue weighted by Gasteiger charge is -2.27. The van der Waals surface area contributed by atoms with Crippen molar-refractivity contribution in [1.29, 1.82) is 0 Å². The monoisotopic (exact) mass is 298 g/mol. The Kier molecular flexibility index (Phi) is 2.97. The molecule has 2 aliphatic heterocycles. The topological polar surface area (TPSA) is 73.6 Å². The standard InChI is InChI=1S/C16H14N2O4/c19-18(20)13-4-2-1-3-11(13)16-12-8-15-14(21-9-22-15)7-10(12)5-6-17-16/h1-4,7-8,16-17H,5-6,9H2. The number of ether oxygens (including phenoxy) is 2. The van der Waals surface area contributed by atoms with Crippen LogP contribution < -0.4 is 14.8 Å². The first-order valence-electron chi connectivity index (χ1n) is 7.13. The number of para-hydroxylation sites is 1. The Morgan fingerprint density at radius 2 is 1.91 bits per heavy atom. The Balaban J connectivity index is 1.85. The zero-order chi connectivity index (χ0) is 15.1. The van der Waals surface area contributed by atoms with Crippen LogP contribution in [-0.4, -0.2) is 18.3 Å². The normalized spacial score (nSPS) is 18.8. The molecule has 0 aliphatic carbocycles. The van der Waals surface area contributed by atoms with Crippen LogP contribution >= 0.6 is 0 Å². The molecule has 0 aromatic heterocycles. The van der Waals surface area contributed by atoms with Crippen molar-refractivity contribution in [2.24, 2.45) is 0 Å². The van der Waals surface area contributed by atoms with Crippen LogP contribution in [0, 0.1) is 10.1 Å². The fourth-order valence-electron chi connectivity index (χ4n) is 3.12. The maximum Gasteiger partial charge on any atom is 0.274 e. The Morgan fingerprint density at radius 1 is 1.14 bits per heavy atom. The Morgan fingerprint density at radius 3 is 2.73 bits per heavy atom. The van der Waals surface area contributed by atoms with Gasteiger partial charge in [0, 0.05) is 12.6 Å². The van der Waals surface area contributed by atoms with E-state index in [9.17, 15) is 10.1 Å². The molecule has 2 heterocycles. The zero-order valence-electron chi connectivity index (χ0n) is 11.7. The van der Waals surface area contributed by atoms with Crippen molar-refractivity contribution in [3.05, 3.63) is 63.2 Å². The quantitative estimate of drug-likeness (QED) is 0.681. The highest BCUT2D eigenvalue weighted by Crippen LogP contribution is 2.41. The summed E-state index contributed by atoms with van der Waals surface area (Å²) in [5.74, 6) is 1.45. The molecular weight excluding hydrogens is 284 g/mol. The van der Waals surface area contributed by atoms with Crippen molar-refractivity contribution in [3.8, 4) is 11.5 Å². The van der Waals surface area contributed by atoms with Gasteiger partial charge in [0.05, 0.1) is 16.5 Å². The fraction of sp³-hybridized carbons (Fsp3) is 0.250. The van der Waals surface area contributed by atoms with Gasteiger partial charge in [-0.25, -0.2) is 0 Å². The van der Waals surface area contributed by atoms with E-state index in [4.69, 9.17) is 9.47 Å². The van der Waals surface area contributed by atoms with Gasteiger partial charge in [-0.2, -0.15) is 0 Å². The van der Waals surface area contributed by atoms with Gasteiger partial charge in [-0.1, -0.05) is 18.2 Å². The summed E-state index contributed by atoms with van der Waals surface area (Å²) in [6.45, 7) is 0.991. The molecule has 1 unspecified atom stereocenters. The Labute approximate surface area is 126 Å². The highest BCUT2D eigenvalue weighted by Gasteiger charge is 2.29. The fourth-order valence-corrected chi connectivity index (χ4v) is 3.12. The molecule has 1 atom stereocenters. The molecule has 2 aliphatic rings. The number of nitrogens with one attached hydrogen (secondary N) is 1. The third-order valence-electron chi connectivity index (χ3n) is 4.13. The van der Waals surface area contributed by atoms with Crippen LogP contribution in [0.15, 0.2) is 36.4 Å². The number of nitro benzene ring substituents is 1. The molecule has 4 rings (SSSR count). The molecule has 2 aromatic carbocycles. The lowest BCUT2D eigenvalue weighted by Crippen LogP contribution is -2.31. The minimum absolute atomic E-state index is 0.130. The van der Waals surface area contributed by atoms with Gasteiger partial charge in [-0.15, -0.1) is 0 Å². The highest BCUT2D eigenvalue weighted by molar-refractivity contribution is 5.55. The summed E-state index contributed by atoms with van der Waals surface area (Å²) in [4.78, 5) is 11.0. The molecule has 0 fully saturated rings. The Hall–Kier alpha value is -2.60. The average molecular weight is 298 g/mol. The maximum atomic E-state index is 11.3. The summed E-state index contributed by atoms with van der Waals surface area (Å²) in [7, 11) is 0. The second-order valence-corrected chi connectivity index (χ2v) is 5.36. The SMILES string of the molecule is O=[N+]([O-])c1ccccc1C1NCCc2cc3c(cc21)OCO3. The van der Waals surface area contributed by atoms with Crippen molar-refractivity contribution < 1.29 is 14.4 Å². The molecule has 0 saturated heterocycles. The summed E-state index contributed by atoms with van der Waals surface area (Å²) in [5, 5.41) is 14.7. The summed E-state index contributed by atoms with van der Waals surface area (Å²) in [5.41, 5.74) is 2.97. The predicted molar refractivity (Wildman–Crippen MR) is 79.2 cm³/mol. The first-order chi connectivity index (χ1) is 10.7. The number of rotatable bonds is 2. The number of fused-ring (bicyclic) bond motifs is 2. The van der Waals surface area contributed by atoms with E-state index in [1.165, 1.54) is 6.07 Å². The smallest absolute Gasteiger partial charge is 0.274 e. The van der Waals surface area contributed by atoms with Gasteiger partial charge < -0.3 is 14.8 Å². The molecule has 6 nitrogen and oxygen atoms in total. The molecule has 6 heteroatoms. The highest BCUT2D eigenvalue weighted by atomic mass is 16.7. The van der Waals surface area contributed by atoms with Gasteiger partial charge in [0.2, 0.25) is 6.79 Å². The third kappa shape index (κ3) is 2.00. The molecular formula is C16H14N2O4. The summed E-state index contributed by atoms with van der Waals surface area (Å²) in [6, 6.07) is 10.6. The second-order valence-electron chi connectivity index (χ2n) is 5.36. The van der Waals surface area contributed by atoms with Crippen LogP contribution in [-0.2, 0) is 6.42 Å². The van der Waals surface area contributed by atoms with E-state index in [1.54, 1.807) is 12.1 Å². The van der Waals surface area contributed by atoms with Gasteiger partial charge in [0.25, 0.3) is 5.69 Å². The van der Waals surface area contributed by atoms with E-state index >= 15 is 0 Å². The van der Waals surface area contributed by atoms with Crippen molar-refractivity contribution in [2.75, 3.05) is 13.3 Å². The molecule has 112 valence electrons. The Bertz CT molecular complexity index is 760. The average Bonchev–Trinajstić information content (AvgIpc) is 2.99. The predicted octanol–water partition coefficient (Wildman–Crippen LogP) is 2.56. The molecule has 2 aromatic rings. The van der Waals surface area contributed by atoms with Crippen molar-refractivity contribution in [2.45, 2.75) is 12.5 Å². The van der Waals surface area contributed by atoms with E-state index in [2.05, 4.69) is 5.32 Å². The van der Waals surface area contributed by atoms with Crippen molar-refractivity contribution >= 4 is 5.69 Å². The molecule has 0 saturated carbocycles. The van der Waals surface area contributed by atoms with Gasteiger partial charge in [-0.3, -0.25) is 10.1 Å². The number of hydrogen-bond donors (Lipinski definition) is 1. The molecule has 0 spiro atoms. The summed E-state index contributed by atoms with van der Waals surface area (Å²) < 4.78 is 10.9. The van der Waals surface area contributed by atoms with Crippen LogP contribution in [0.3, 0.4) is 0 Å². The number of nitrogens with zero attached hydrogens (tertiary/aromatic N) is 1. The van der Waals surface area contributed by atoms with Gasteiger partial charge in [0.15, 0.2) is 11.5 Å². The number of hydrogen-bond acceptors (Lipinski definition) is 5. The maximum absolute atomic E-state index is 11.3. The minimum Gasteiger partial charge on any atom is -0.454 e. The molecule has 1 N–H and O–H groups in total. The molecule has 22 heavy (non-hydrogen) atoms. The number of nitro groups is 1. The van der Waals surface area contributed by atoms with E-state index in [0.717, 1.165) is 29.8 Å². The lowest BCUT2D eigenvalue weighted by atomic mass is 9.88. The molecule has 0 radical (unpaired) electrons. The van der Waals surface area contributed by atoms with Crippen LogP contribution in [0.5, 0.6) is 11.5 Å². The van der Waals surface area contributed by atoms with Gasteiger partial charge >= 0.3 is 0 Å². The van der Waals surface area contributed by atoms with Crippen LogP contribution in [0.25, 0.3) is 0 Å². The lowest BCUT2D eigenvalue weighted by molar-refractivity contribution is -0.385. The zero-order valence-corrected chi connectivity index (χ0v) is 11.7. The van der Waals surface area contributed by atoms with E-state index in [1.807, 2.05) is 18.2 Å². The van der Waals surface area contributed by atoms with Crippen LogP contribution in [0.1, 0.15) is 22.7 Å². The largest absolute Gasteiger partial charge is 0.454 e. The van der Waals surface area contributed by atoms with Crippen LogP contribution in [0.2, 0.25) is 0 Å². The summed E-state index contributed by atoms with van der Waals surface area (Å²) >= 11 is 0. The van der Waals surface area contributed by atoms with Crippen molar-refractivity contribution in [3.63, 3.8) is 0 Å². The first kappa shape index (κ1) is 13.1. The van der Waals surface area contributed by atoms with E-state index in [0.29, 0.717) is 11.3 Å².